The van der Waals surface area contributed by atoms with Crippen molar-refractivity contribution in [3.05, 3.63) is 18.1 Å². The molecule has 2 rings (SSSR count). The Balaban J connectivity index is 2.27. The van der Waals surface area contributed by atoms with E-state index in [2.05, 4.69) is 28.7 Å². The minimum Gasteiger partial charge on any atom is -0.391 e. The molecule has 1 aromatic heterocycles. The maximum atomic E-state index is 9.31. The third-order valence-corrected chi connectivity index (χ3v) is 2.80. The maximum Gasteiger partial charge on any atom is 0.137 e. The van der Waals surface area contributed by atoms with Crippen LogP contribution in [0.25, 0.3) is 0 Å². The van der Waals surface area contributed by atoms with Crippen molar-refractivity contribution in [3.63, 3.8) is 0 Å². The average molecular weight is 237 g/mol. The van der Waals surface area contributed by atoms with Gasteiger partial charge in [-0.15, -0.1) is 0 Å². The van der Waals surface area contributed by atoms with E-state index in [1.807, 2.05) is 6.92 Å². The summed E-state index contributed by atoms with van der Waals surface area (Å²) in [7, 11) is 0. The van der Waals surface area contributed by atoms with Crippen LogP contribution in [-0.2, 0) is 11.3 Å². The quantitative estimate of drug-likeness (QED) is 0.830. The fourth-order valence-electron chi connectivity index (χ4n) is 2.36. The molecule has 5 heteroatoms. The van der Waals surface area contributed by atoms with Gasteiger partial charge in [0.25, 0.3) is 0 Å². The van der Waals surface area contributed by atoms with Crippen LogP contribution in [0.5, 0.6) is 0 Å². The van der Waals surface area contributed by atoms with E-state index < -0.39 is 0 Å². The van der Waals surface area contributed by atoms with Crippen LogP contribution >= 0.6 is 0 Å². The van der Waals surface area contributed by atoms with Crippen molar-refractivity contribution in [3.8, 4) is 0 Å². The first-order valence-electron chi connectivity index (χ1n) is 5.84. The topological polar surface area (TPSA) is 58.5 Å². The number of morpholine rings is 1. The highest BCUT2D eigenvalue weighted by atomic mass is 16.5. The Hall–Kier alpha value is -1.20. The van der Waals surface area contributed by atoms with E-state index >= 15 is 0 Å². The first-order valence-corrected chi connectivity index (χ1v) is 5.84. The van der Waals surface area contributed by atoms with E-state index in [4.69, 9.17) is 4.74 Å². The van der Waals surface area contributed by atoms with Crippen LogP contribution < -0.4 is 4.90 Å². The highest BCUT2D eigenvalue weighted by Gasteiger charge is 2.32. The van der Waals surface area contributed by atoms with E-state index in [0.29, 0.717) is 0 Å². The van der Waals surface area contributed by atoms with Crippen molar-refractivity contribution in [2.75, 3.05) is 18.0 Å². The van der Waals surface area contributed by atoms with Gasteiger partial charge in [-0.25, -0.2) is 9.97 Å². The molecule has 1 saturated heterocycles. The fraction of sp³-hybridized carbons (Fsp3) is 0.667. The summed E-state index contributed by atoms with van der Waals surface area (Å²) in [4.78, 5) is 10.4. The van der Waals surface area contributed by atoms with Crippen LogP contribution in [0.3, 0.4) is 0 Å². The zero-order valence-electron chi connectivity index (χ0n) is 10.6. The molecule has 1 atom stereocenters. The minimum atomic E-state index is -0.199. The maximum absolute atomic E-state index is 9.31. The molecule has 0 amide bonds. The van der Waals surface area contributed by atoms with Crippen molar-refractivity contribution < 1.29 is 9.84 Å². The van der Waals surface area contributed by atoms with Gasteiger partial charge >= 0.3 is 0 Å². The lowest BCUT2D eigenvalue weighted by Gasteiger charge is -2.42. The zero-order valence-corrected chi connectivity index (χ0v) is 10.6. The summed E-state index contributed by atoms with van der Waals surface area (Å²) in [6, 6.07) is 0. The molecular formula is C12H19N3O2. The van der Waals surface area contributed by atoms with Gasteiger partial charge < -0.3 is 14.7 Å². The molecule has 0 bridgehead atoms. The van der Waals surface area contributed by atoms with Crippen molar-refractivity contribution in [2.24, 2.45) is 0 Å². The van der Waals surface area contributed by atoms with Crippen LogP contribution in [0.1, 0.15) is 26.3 Å². The normalized spacial score (nSPS) is 23.8. The number of aliphatic hydroxyl groups is 1. The molecule has 1 aromatic rings. The second-order valence-electron chi connectivity index (χ2n) is 5.10. The largest absolute Gasteiger partial charge is 0.391 e. The van der Waals surface area contributed by atoms with Gasteiger partial charge in [0.2, 0.25) is 0 Å². The lowest BCUT2D eigenvalue weighted by molar-refractivity contribution is -0.0752. The van der Waals surface area contributed by atoms with Crippen LogP contribution in [0.2, 0.25) is 0 Å². The Morgan fingerprint density at radius 3 is 3.00 bits per heavy atom. The smallest absolute Gasteiger partial charge is 0.137 e. The molecule has 0 radical (unpaired) electrons. The summed E-state index contributed by atoms with van der Waals surface area (Å²) in [5, 5.41) is 9.31. The molecule has 0 aliphatic carbocycles. The van der Waals surface area contributed by atoms with Gasteiger partial charge in [-0.1, -0.05) is 0 Å². The molecule has 5 nitrogen and oxygen atoms in total. The first kappa shape index (κ1) is 12.3. The SMILES string of the molecule is CC1CN(c2ncncc2CO)CC(C)(C)O1. The summed E-state index contributed by atoms with van der Waals surface area (Å²) >= 11 is 0. The van der Waals surface area contributed by atoms with Gasteiger partial charge in [-0.2, -0.15) is 0 Å². The zero-order chi connectivity index (χ0) is 12.5. The van der Waals surface area contributed by atoms with Gasteiger partial charge in [-0.3, -0.25) is 0 Å². The van der Waals surface area contributed by atoms with Crippen molar-refractivity contribution in [1.82, 2.24) is 9.97 Å². The molecular weight excluding hydrogens is 218 g/mol. The predicted molar refractivity (Wildman–Crippen MR) is 64.8 cm³/mol. The molecule has 17 heavy (non-hydrogen) atoms. The summed E-state index contributed by atoms with van der Waals surface area (Å²) in [5.41, 5.74) is 0.562. The minimum absolute atomic E-state index is 0.0393. The number of nitrogens with zero attached hydrogens (tertiary/aromatic N) is 3. The fourth-order valence-corrected chi connectivity index (χ4v) is 2.36. The van der Waals surface area contributed by atoms with Gasteiger partial charge in [0, 0.05) is 24.8 Å². The number of aliphatic hydroxyl groups excluding tert-OH is 1. The van der Waals surface area contributed by atoms with E-state index in [1.165, 1.54) is 6.33 Å². The standard InChI is InChI=1S/C12H19N3O2/c1-9-5-15(7-12(2,3)17-9)11-10(6-16)4-13-8-14-11/h4,8-9,16H,5-7H2,1-3H3. The summed E-state index contributed by atoms with van der Waals surface area (Å²) in [6.45, 7) is 7.69. The van der Waals surface area contributed by atoms with Crippen molar-refractivity contribution in [1.29, 1.82) is 0 Å². The monoisotopic (exact) mass is 237 g/mol. The number of ether oxygens (including phenoxy) is 1. The van der Waals surface area contributed by atoms with Gasteiger partial charge in [0.15, 0.2) is 0 Å². The highest BCUT2D eigenvalue weighted by molar-refractivity contribution is 5.46. The molecule has 94 valence electrons. The second kappa shape index (κ2) is 4.58. The summed E-state index contributed by atoms with van der Waals surface area (Å²) in [5.74, 6) is 0.811. The molecule has 1 aliphatic rings. The first-order chi connectivity index (χ1) is 8.02. The Labute approximate surface area is 101 Å². The van der Waals surface area contributed by atoms with E-state index in [-0.39, 0.29) is 18.3 Å². The van der Waals surface area contributed by atoms with Crippen molar-refractivity contribution in [2.45, 2.75) is 39.1 Å². The molecule has 1 aliphatic heterocycles. The lowest BCUT2D eigenvalue weighted by Crippen LogP contribution is -2.52. The number of hydrogen-bond donors (Lipinski definition) is 1. The summed E-state index contributed by atoms with van der Waals surface area (Å²) in [6.07, 6.45) is 3.33. The van der Waals surface area contributed by atoms with Crippen LogP contribution in [0, 0.1) is 0 Å². The molecule has 0 aromatic carbocycles. The summed E-state index contributed by atoms with van der Waals surface area (Å²) < 4.78 is 5.85. The predicted octanol–water partition coefficient (Wildman–Crippen LogP) is 0.973. The number of rotatable bonds is 2. The van der Waals surface area contributed by atoms with Crippen LogP contribution in [0.15, 0.2) is 12.5 Å². The third-order valence-electron chi connectivity index (χ3n) is 2.80. The van der Waals surface area contributed by atoms with E-state index in [1.54, 1.807) is 6.20 Å². The number of hydrogen-bond acceptors (Lipinski definition) is 5. The van der Waals surface area contributed by atoms with Gasteiger partial charge in [0.05, 0.1) is 18.3 Å². The van der Waals surface area contributed by atoms with Crippen LogP contribution in [0.4, 0.5) is 5.82 Å². The second-order valence-corrected chi connectivity index (χ2v) is 5.10. The molecule has 1 N–H and O–H groups in total. The van der Waals surface area contributed by atoms with Crippen molar-refractivity contribution >= 4 is 5.82 Å². The Kier molecular flexibility index (Phi) is 3.31. The Morgan fingerprint density at radius 2 is 2.35 bits per heavy atom. The molecule has 0 saturated carbocycles. The molecule has 2 heterocycles. The van der Waals surface area contributed by atoms with Gasteiger partial charge in [0.1, 0.15) is 12.1 Å². The average Bonchev–Trinajstić information content (AvgIpc) is 2.26. The lowest BCUT2D eigenvalue weighted by atomic mass is 10.1. The Bertz CT molecular complexity index is 395. The number of anilines is 1. The number of aromatic nitrogens is 2. The molecule has 1 fully saturated rings. The molecule has 1 unspecified atom stereocenters. The third kappa shape index (κ3) is 2.73. The van der Waals surface area contributed by atoms with Crippen LogP contribution in [-0.4, -0.2) is 39.9 Å². The Morgan fingerprint density at radius 1 is 1.59 bits per heavy atom. The van der Waals surface area contributed by atoms with E-state index in [9.17, 15) is 5.11 Å². The molecule has 0 spiro atoms. The van der Waals surface area contributed by atoms with Gasteiger partial charge in [-0.05, 0) is 20.8 Å². The highest BCUT2D eigenvalue weighted by Crippen LogP contribution is 2.26. The van der Waals surface area contributed by atoms with E-state index in [0.717, 1.165) is 24.5 Å².